The molecule has 1 aliphatic carbocycles. The topological polar surface area (TPSA) is 57.6 Å². The summed E-state index contributed by atoms with van der Waals surface area (Å²) in [5.41, 5.74) is 0. The molecule has 1 fully saturated rings. The number of rotatable bonds is 7. The van der Waals surface area contributed by atoms with Gasteiger partial charge in [0, 0.05) is 12.6 Å². The minimum atomic E-state index is -0.838. The van der Waals surface area contributed by atoms with Gasteiger partial charge in [0.2, 0.25) is 5.91 Å². The van der Waals surface area contributed by atoms with Gasteiger partial charge < -0.3 is 10.0 Å². The minimum absolute atomic E-state index is 0.0502. The lowest BCUT2D eigenvalue weighted by Gasteiger charge is -2.21. The third-order valence-corrected chi connectivity index (χ3v) is 3.49. The number of carboxylic acid groups (broad SMARTS) is 1. The van der Waals surface area contributed by atoms with Crippen molar-refractivity contribution in [3.63, 3.8) is 0 Å². The molecule has 0 aliphatic heterocycles. The first-order chi connectivity index (χ1) is 7.50. The molecule has 0 radical (unpaired) electrons. The van der Waals surface area contributed by atoms with Crippen LogP contribution in [0.25, 0.3) is 0 Å². The molecule has 1 saturated carbocycles. The van der Waals surface area contributed by atoms with Gasteiger partial charge in [-0.05, 0) is 18.1 Å². The van der Waals surface area contributed by atoms with Crippen molar-refractivity contribution >= 4 is 23.6 Å². The monoisotopic (exact) mass is 245 g/mol. The van der Waals surface area contributed by atoms with Crippen molar-refractivity contribution in [3.8, 4) is 0 Å². The van der Waals surface area contributed by atoms with Crippen LogP contribution in [0.3, 0.4) is 0 Å². The highest BCUT2D eigenvalue weighted by molar-refractivity contribution is 8.00. The molecule has 92 valence electrons. The first-order valence-corrected chi connectivity index (χ1v) is 6.68. The van der Waals surface area contributed by atoms with E-state index >= 15 is 0 Å². The Balaban J connectivity index is 2.36. The van der Waals surface area contributed by atoms with E-state index in [0.717, 1.165) is 12.8 Å². The van der Waals surface area contributed by atoms with E-state index < -0.39 is 5.97 Å². The zero-order valence-electron chi connectivity index (χ0n) is 9.81. The van der Waals surface area contributed by atoms with Crippen LogP contribution in [0.5, 0.6) is 0 Å². The summed E-state index contributed by atoms with van der Waals surface area (Å²) in [7, 11) is 0. The third-order valence-electron chi connectivity index (χ3n) is 2.41. The number of nitrogens with zero attached hydrogens (tertiary/aromatic N) is 1. The van der Waals surface area contributed by atoms with E-state index in [2.05, 4.69) is 13.8 Å². The van der Waals surface area contributed by atoms with E-state index in [0.29, 0.717) is 23.6 Å². The Morgan fingerprint density at radius 3 is 2.50 bits per heavy atom. The quantitative estimate of drug-likeness (QED) is 0.740. The molecule has 0 unspecified atom stereocenters. The zero-order valence-corrected chi connectivity index (χ0v) is 10.6. The summed E-state index contributed by atoms with van der Waals surface area (Å²) in [5, 5.41) is 9.06. The van der Waals surface area contributed by atoms with E-state index in [1.807, 2.05) is 0 Å². The van der Waals surface area contributed by atoms with Crippen LogP contribution in [0.1, 0.15) is 33.1 Å². The van der Waals surface area contributed by atoms with Gasteiger partial charge in [-0.15, -0.1) is 11.8 Å². The molecular formula is C11H19NO3S. The van der Waals surface area contributed by atoms with Gasteiger partial charge in [0.05, 0.1) is 12.2 Å². The molecule has 0 bridgehead atoms. The maximum atomic E-state index is 11.9. The highest BCUT2D eigenvalue weighted by atomic mass is 32.2. The molecule has 5 heteroatoms. The van der Waals surface area contributed by atoms with Crippen molar-refractivity contribution in [1.82, 2.24) is 4.90 Å². The Morgan fingerprint density at radius 1 is 1.44 bits per heavy atom. The number of amides is 1. The second-order valence-corrected chi connectivity index (χ2v) is 5.89. The zero-order chi connectivity index (χ0) is 12.1. The first-order valence-electron chi connectivity index (χ1n) is 5.63. The van der Waals surface area contributed by atoms with Crippen molar-refractivity contribution in [3.05, 3.63) is 0 Å². The van der Waals surface area contributed by atoms with Crippen molar-refractivity contribution in [2.24, 2.45) is 0 Å². The fourth-order valence-electron chi connectivity index (χ4n) is 1.43. The van der Waals surface area contributed by atoms with Gasteiger partial charge in [0.25, 0.3) is 0 Å². The van der Waals surface area contributed by atoms with Crippen LogP contribution in [-0.2, 0) is 9.59 Å². The summed E-state index contributed by atoms with van der Waals surface area (Å²) in [6.07, 6.45) is 2.10. The molecule has 16 heavy (non-hydrogen) atoms. The van der Waals surface area contributed by atoms with E-state index in [1.54, 1.807) is 16.7 Å². The molecule has 4 nitrogen and oxygen atoms in total. The van der Waals surface area contributed by atoms with E-state index in [4.69, 9.17) is 5.11 Å². The molecule has 0 atom stereocenters. The van der Waals surface area contributed by atoms with E-state index in [-0.39, 0.29) is 12.3 Å². The summed E-state index contributed by atoms with van der Waals surface area (Å²) < 4.78 is 0. The fraction of sp³-hybridized carbons (Fsp3) is 0.818. The number of carbonyl (C=O) groups is 2. The molecule has 0 saturated heterocycles. The van der Waals surface area contributed by atoms with Crippen LogP contribution in [0, 0.1) is 0 Å². The molecule has 0 aromatic heterocycles. The van der Waals surface area contributed by atoms with Crippen molar-refractivity contribution in [2.75, 3.05) is 12.3 Å². The lowest BCUT2D eigenvalue weighted by molar-refractivity contribution is -0.138. The summed E-state index contributed by atoms with van der Waals surface area (Å²) in [6, 6.07) is 0.305. The number of hydrogen-bond donors (Lipinski definition) is 1. The standard InChI is InChI=1S/C11H19NO3S/c1-8(2)16-7-10(13)12(9-3-4-9)6-5-11(14)15/h8-9H,3-7H2,1-2H3,(H,14,15). The number of aliphatic carboxylic acids is 1. The van der Waals surface area contributed by atoms with Crippen LogP contribution in [0.4, 0.5) is 0 Å². The van der Waals surface area contributed by atoms with Crippen molar-refractivity contribution in [2.45, 2.75) is 44.4 Å². The Morgan fingerprint density at radius 2 is 2.06 bits per heavy atom. The largest absolute Gasteiger partial charge is 0.481 e. The van der Waals surface area contributed by atoms with Crippen LogP contribution in [-0.4, -0.2) is 45.5 Å². The average Bonchev–Trinajstić information content (AvgIpc) is 2.98. The number of carbonyl (C=O) groups excluding carboxylic acids is 1. The molecule has 0 aromatic rings. The molecular weight excluding hydrogens is 226 g/mol. The van der Waals surface area contributed by atoms with Gasteiger partial charge in [-0.2, -0.15) is 0 Å². The van der Waals surface area contributed by atoms with Crippen LogP contribution in [0.2, 0.25) is 0 Å². The molecule has 0 heterocycles. The normalized spacial score (nSPS) is 15.2. The molecule has 1 rings (SSSR count). The van der Waals surface area contributed by atoms with Crippen LogP contribution < -0.4 is 0 Å². The van der Waals surface area contributed by atoms with Gasteiger partial charge in [-0.1, -0.05) is 13.8 Å². The SMILES string of the molecule is CC(C)SCC(=O)N(CCC(=O)O)C1CC1. The Kier molecular flexibility index (Phi) is 5.12. The smallest absolute Gasteiger partial charge is 0.305 e. The molecule has 0 spiro atoms. The minimum Gasteiger partial charge on any atom is -0.481 e. The highest BCUT2D eigenvalue weighted by Gasteiger charge is 2.32. The predicted molar refractivity (Wildman–Crippen MR) is 64.6 cm³/mol. The number of hydrogen-bond acceptors (Lipinski definition) is 3. The van der Waals surface area contributed by atoms with E-state index in [9.17, 15) is 9.59 Å². The summed E-state index contributed by atoms with van der Waals surface area (Å²) >= 11 is 1.61. The van der Waals surface area contributed by atoms with Gasteiger partial charge in [-0.3, -0.25) is 9.59 Å². The lowest BCUT2D eigenvalue weighted by Crippen LogP contribution is -2.36. The van der Waals surface area contributed by atoms with Gasteiger partial charge in [-0.25, -0.2) is 0 Å². The molecule has 1 amide bonds. The summed E-state index contributed by atoms with van der Waals surface area (Å²) in [5.74, 6) is -0.286. The predicted octanol–water partition coefficient (Wildman–Crippen LogP) is 1.59. The number of carboxylic acids is 1. The fourth-order valence-corrected chi connectivity index (χ4v) is 2.08. The van der Waals surface area contributed by atoms with Crippen LogP contribution in [0.15, 0.2) is 0 Å². The third kappa shape index (κ3) is 4.88. The Bertz CT molecular complexity index is 264. The van der Waals surface area contributed by atoms with Gasteiger partial charge >= 0.3 is 5.97 Å². The van der Waals surface area contributed by atoms with Crippen molar-refractivity contribution < 1.29 is 14.7 Å². The van der Waals surface area contributed by atoms with Gasteiger partial charge in [0.15, 0.2) is 0 Å². The summed E-state index contributed by atoms with van der Waals surface area (Å²) in [6.45, 7) is 4.46. The molecule has 1 aliphatic rings. The molecule has 0 aromatic carbocycles. The maximum Gasteiger partial charge on any atom is 0.305 e. The second kappa shape index (κ2) is 6.13. The Labute approximate surface area is 100 Å². The average molecular weight is 245 g/mol. The van der Waals surface area contributed by atoms with E-state index in [1.165, 1.54) is 0 Å². The lowest BCUT2D eigenvalue weighted by atomic mass is 10.3. The first kappa shape index (κ1) is 13.4. The molecule has 1 N–H and O–H groups in total. The highest BCUT2D eigenvalue weighted by Crippen LogP contribution is 2.27. The van der Waals surface area contributed by atoms with Gasteiger partial charge in [0.1, 0.15) is 0 Å². The summed E-state index contributed by atoms with van der Waals surface area (Å²) in [4.78, 5) is 24.1. The van der Waals surface area contributed by atoms with Crippen molar-refractivity contribution in [1.29, 1.82) is 0 Å². The maximum absolute atomic E-state index is 11.9. The second-order valence-electron chi connectivity index (χ2n) is 4.32. The Hall–Kier alpha value is -0.710. The van der Waals surface area contributed by atoms with Crippen LogP contribution >= 0.6 is 11.8 Å². The number of thioether (sulfide) groups is 1.